The van der Waals surface area contributed by atoms with Gasteiger partial charge in [-0.3, -0.25) is 4.79 Å². The first-order chi connectivity index (χ1) is 16.3. The van der Waals surface area contributed by atoms with E-state index >= 15 is 0 Å². The van der Waals surface area contributed by atoms with Crippen LogP contribution < -0.4 is 10.1 Å². The summed E-state index contributed by atoms with van der Waals surface area (Å²) in [6, 6.07) is 14.2. The summed E-state index contributed by atoms with van der Waals surface area (Å²) in [6.45, 7) is 8.10. The molecular weight excluding hydrogens is 466 g/mol. The van der Waals surface area contributed by atoms with E-state index in [-0.39, 0.29) is 17.8 Å². The molecule has 0 aliphatic carbocycles. The topological polar surface area (TPSA) is 81.9 Å². The van der Waals surface area contributed by atoms with Gasteiger partial charge in [-0.2, -0.15) is 0 Å². The third kappa shape index (κ3) is 5.48. The van der Waals surface area contributed by atoms with Crippen molar-refractivity contribution in [2.24, 2.45) is 7.05 Å². The van der Waals surface area contributed by atoms with Gasteiger partial charge in [0.25, 0.3) is 0 Å². The Morgan fingerprint density at radius 2 is 1.91 bits per heavy atom. The fourth-order valence-corrected chi connectivity index (χ4v) is 4.83. The lowest BCUT2D eigenvalue weighted by Crippen LogP contribution is -2.14. The lowest BCUT2D eigenvalue weighted by molar-refractivity contribution is -0.113. The number of benzene rings is 2. The molecule has 2 aromatic heterocycles. The van der Waals surface area contributed by atoms with Crippen LogP contribution in [0.3, 0.4) is 0 Å². The predicted molar refractivity (Wildman–Crippen MR) is 138 cm³/mol. The van der Waals surface area contributed by atoms with Crippen molar-refractivity contribution in [2.75, 3.05) is 11.1 Å². The molecule has 4 aromatic rings. The van der Waals surface area contributed by atoms with Crippen molar-refractivity contribution in [3.8, 4) is 17.0 Å². The average molecular weight is 494 g/mol. The molecule has 0 saturated carbocycles. The number of amides is 1. The van der Waals surface area contributed by atoms with Gasteiger partial charge in [0.1, 0.15) is 5.75 Å². The van der Waals surface area contributed by atoms with Gasteiger partial charge in [0, 0.05) is 18.0 Å². The zero-order valence-corrected chi connectivity index (χ0v) is 21.5. The summed E-state index contributed by atoms with van der Waals surface area (Å²) in [7, 11) is 1.88. The van der Waals surface area contributed by atoms with Gasteiger partial charge in [-0.1, -0.05) is 53.7 Å². The van der Waals surface area contributed by atoms with Crippen molar-refractivity contribution < 1.29 is 9.53 Å². The number of carbonyl (C=O) groups is 1. The number of nitrogens with zero attached hydrogens (tertiary/aromatic N) is 4. The first kappa shape index (κ1) is 24.0. The molecule has 0 spiro atoms. The molecule has 0 bridgehead atoms. The van der Waals surface area contributed by atoms with Gasteiger partial charge < -0.3 is 14.6 Å². The van der Waals surface area contributed by atoms with Crippen molar-refractivity contribution in [1.82, 2.24) is 19.7 Å². The minimum absolute atomic E-state index is 0.140. The molecule has 1 atom stereocenters. The highest BCUT2D eigenvalue weighted by Gasteiger charge is 2.19. The third-order valence-electron chi connectivity index (χ3n) is 5.52. The summed E-state index contributed by atoms with van der Waals surface area (Å²) >= 11 is 2.74. The van der Waals surface area contributed by atoms with Gasteiger partial charge in [-0.15, -0.1) is 21.5 Å². The van der Waals surface area contributed by atoms with Gasteiger partial charge in [-0.25, -0.2) is 4.98 Å². The molecule has 1 unspecified atom stereocenters. The molecule has 2 aromatic carbocycles. The molecule has 7 nitrogen and oxygen atoms in total. The van der Waals surface area contributed by atoms with Crippen molar-refractivity contribution in [1.29, 1.82) is 0 Å². The van der Waals surface area contributed by atoms with E-state index in [1.165, 1.54) is 34.2 Å². The molecule has 2 heterocycles. The van der Waals surface area contributed by atoms with E-state index in [1.807, 2.05) is 74.2 Å². The van der Waals surface area contributed by atoms with Gasteiger partial charge >= 0.3 is 0 Å². The number of thiazole rings is 1. The van der Waals surface area contributed by atoms with Crippen LogP contribution in [0.5, 0.6) is 5.75 Å². The lowest BCUT2D eigenvalue weighted by Gasteiger charge is -2.16. The van der Waals surface area contributed by atoms with E-state index in [0.717, 1.165) is 22.6 Å². The predicted octanol–water partition coefficient (Wildman–Crippen LogP) is 5.73. The van der Waals surface area contributed by atoms with Crippen molar-refractivity contribution in [2.45, 2.75) is 39.0 Å². The van der Waals surface area contributed by atoms with Gasteiger partial charge in [-0.05, 0) is 44.9 Å². The normalized spacial score (nSPS) is 11.9. The molecule has 4 rings (SSSR count). The minimum atomic E-state index is -0.281. The zero-order chi connectivity index (χ0) is 24.2. The minimum Gasteiger partial charge on any atom is -0.482 e. The lowest BCUT2D eigenvalue weighted by atomic mass is 10.1. The molecule has 1 N–H and O–H groups in total. The van der Waals surface area contributed by atoms with Crippen molar-refractivity contribution in [3.05, 3.63) is 70.4 Å². The molecule has 0 aliphatic rings. The number of aryl methyl sites for hydroxylation is 2. The fraction of sp³-hybridized carbons (Fsp3) is 0.280. The largest absolute Gasteiger partial charge is 0.482 e. The fourth-order valence-electron chi connectivity index (χ4n) is 3.37. The van der Waals surface area contributed by atoms with Gasteiger partial charge in [0.15, 0.2) is 22.2 Å². The molecule has 0 saturated heterocycles. The van der Waals surface area contributed by atoms with Crippen LogP contribution in [0.2, 0.25) is 0 Å². The first-order valence-corrected chi connectivity index (χ1v) is 12.8. The van der Waals surface area contributed by atoms with E-state index in [4.69, 9.17) is 4.74 Å². The van der Waals surface area contributed by atoms with Crippen molar-refractivity contribution in [3.63, 3.8) is 0 Å². The molecule has 34 heavy (non-hydrogen) atoms. The highest BCUT2D eigenvalue weighted by atomic mass is 32.2. The summed E-state index contributed by atoms with van der Waals surface area (Å²) in [6.07, 6.45) is -0.281. The Balaban J connectivity index is 1.34. The molecule has 9 heteroatoms. The highest BCUT2D eigenvalue weighted by molar-refractivity contribution is 7.99. The Bertz CT molecular complexity index is 1300. The van der Waals surface area contributed by atoms with Gasteiger partial charge in [0.05, 0.1) is 11.4 Å². The number of thioether (sulfide) groups is 1. The van der Waals surface area contributed by atoms with Crippen LogP contribution in [0, 0.1) is 20.8 Å². The van der Waals surface area contributed by atoms with Crippen LogP contribution in [0.4, 0.5) is 5.13 Å². The van der Waals surface area contributed by atoms with E-state index in [1.54, 1.807) is 0 Å². The maximum atomic E-state index is 12.5. The van der Waals surface area contributed by atoms with E-state index in [9.17, 15) is 4.79 Å². The molecular formula is C25H27N5O2S2. The summed E-state index contributed by atoms with van der Waals surface area (Å²) in [5.41, 5.74) is 5.36. The van der Waals surface area contributed by atoms with Crippen LogP contribution >= 0.6 is 23.1 Å². The van der Waals surface area contributed by atoms with Gasteiger partial charge in [0.2, 0.25) is 5.91 Å². The molecule has 0 fully saturated rings. The second-order valence-corrected chi connectivity index (χ2v) is 9.90. The second kappa shape index (κ2) is 10.4. The third-order valence-corrected chi connectivity index (χ3v) is 7.30. The number of aromatic nitrogens is 4. The number of rotatable bonds is 8. The van der Waals surface area contributed by atoms with Crippen LogP contribution in [0.1, 0.15) is 35.5 Å². The SMILES string of the molecule is Cc1ccc(-c2csc(NC(=O)CSc3nnc(C(C)Oc4cccc(C)c4C)n3C)n2)cc1. The van der Waals surface area contributed by atoms with Crippen LogP contribution in [-0.4, -0.2) is 31.4 Å². The summed E-state index contributed by atoms with van der Waals surface area (Å²) in [5, 5.41) is 14.6. The van der Waals surface area contributed by atoms with Crippen LogP contribution in [0.15, 0.2) is 53.0 Å². The Morgan fingerprint density at radius 1 is 1.15 bits per heavy atom. The monoisotopic (exact) mass is 493 g/mol. The number of anilines is 1. The van der Waals surface area contributed by atoms with E-state index in [2.05, 4.69) is 33.5 Å². The first-order valence-electron chi connectivity index (χ1n) is 10.9. The number of nitrogens with one attached hydrogen (secondary N) is 1. The number of carbonyl (C=O) groups excluding carboxylic acids is 1. The smallest absolute Gasteiger partial charge is 0.236 e. The second-order valence-electron chi connectivity index (χ2n) is 8.10. The van der Waals surface area contributed by atoms with E-state index in [0.29, 0.717) is 16.1 Å². The Morgan fingerprint density at radius 3 is 2.68 bits per heavy atom. The highest BCUT2D eigenvalue weighted by Crippen LogP contribution is 2.28. The Hall–Kier alpha value is -3.17. The van der Waals surface area contributed by atoms with Crippen LogP contribution in [-0.2, 0) is 11.8 Å². The molecule has 1 amide bonds. The zero-order valence-electron chi connectivity index (χ0n) is 19.8. The summed E-state index contributed by atoms with van der Waals surface area (Å²) < 4.78 is 8.00. The Kier molecular flexibility index (Phi) is 7.33. The van der Waals surface area contributed by atoms with Crippen LogP contribution in [0.25, 0.3) is 11.3 Å². The standard InChI is InChI=1S/C25H27N5O2S2/c1-15-9-11-19(12-10-15)20-13-33-24(26-20)27-22(31)14-34-25-29-28-23(30(25)5)18(4)32-21-8-6-7-16(2)17(21)3/h6-13,18H,14H2,1-5H3,(H,26,27,31). The maximum Gasteiger partial charge on any atom is 0.236 e. The summed E-state index contributed by atoms with van der Waals surface area (Å²) in [5.74, 6) is 1.60. The Labute approximate surface area is 207 Å². The van der Waals surface area contributed by atoms with E-state index < -0.39 is 0 Å². The number of hydrogen-bond donors (Lipinski definition) is 1. The molecule has 0 radical (unpaired) electrons. The quantitative estimate of drug-likeness (QED) is 0.316. The maximum absolute atomic E-state index is 12.5. The van der Waals surface area contributed by atoms with Crippen molar-refractivity contribution >= 4 is 34.1 Å². The number of hydrogen-bond acceptors (Lipinski definition) is 7. The molecule has 176 valence electrons. The average Bonchev–Trinajstić information content (AvgIpc) is 3.42. The summed E-state index contributed by atoms with van der Waals surface area (Å²) in [4.78, 5) is 17.0. The number of ether oxygens (including phenoxy) is 1. The molecule has 0 aliphatic heterocycles.